The fourth-order valence-electron chi connectivity index (χ4n) is 3.86. The number of benzene rings is 1. The van der Waals surface area contributed by atoms with Crippen LogP contribution in [0.1, 0.15) is 36.0 Å². The third kappa shape index (κ3) is 3.82. The molecule has 0 radical (unpaired) electrons. The maximum absolute atomic E-state index is 13.2. The van der Waals surface area contributed by atoms with Crippen LogP contribution in [0, 0.1) is 0 Å². The van der Waals surface area contributed by atoms with Crippen molar-refractivity contribution in [2.75, 3.05) is 19.0 Å². The number of rotatable bonds is 5. The zero-order valence-electron chi connectivity index (χ0n) is 16.5. The Morgan fingerprint density at radius 2 is 2.03 bits per heavy atom. The molecule has 166 valence electrons. The standard InChI is InChI=1S/C20H20F3N3O4S/c1-30-17-14(10-12(11-25-17)20(21,22)23)19(7-8-19)18(27)26-31(28,29)16-6-2-5-15-13(16)4-3-9-24-15/h2,5-6,10-11,24H,3-4,7-9H2,1H3,(H,26,27). The van der Waals surface area contributed by atoms with Crippen LogP contribution in [0.2, 0.25) is 0 Å². The Bertz CT molecular complexity index is 1140. The first-order valence-electron chi connectivity index (χ1n) is 9.63. The summed E-state index contributed by atoms with van der Waals surface area (Å²) in [5, 5.41) is 3.12. The van der Waals surface area contributed by atoms with Crippen LogP contribution >= 0.6 is 0 Å². The third-order valence-corrected chi connectivity index (χ3v) is 7.06. The molecule has 1 aliphatic carbocycles. The van der Waals surface area contributed by atoms with Crippen molar-refractivity contribution in [1.29, 1.82) is 0 Å². The van der Waals surface area contributed by atoms with Gasteiger partial charge in [-0.25, -0.2) is 18.1 Å². The molecule has 1 amide bonds. The Hall–Kier alpha value is -2.82. The number of fused-ring (bicyclic) bond motifs is 1. The van der Waals surface area contributed by atoms with E-state index >= 15 is 0 Å². The minimum absolute atomic E-state index is 0.0181. The largest absolute Gasteiger partial charge is 0.481 e. The summed E-state index contributed by atoms with van der Waals surface area (Å²) < 4.78 is 72.7. The van der Waals surface area contributed by atoms with Crippen LogP contribution in [0.5, 0.6) is 5.88 Å². The molecule has 1 saturated carbocycles. The van der Waals surface area contributed by atoms with Crippen molar-refractivity contribution in [2.24, 2.45) is 0 Å². The number of nitrogens with zero attached hydrogens (tertiary/aromatic N) is 1. The maximum Gasteiger partial charge on any atom is 0.417 e. The minimum atomic E-state index is -4.66. The summed E-state index contributed by atoms with van der Waals surface area (Å²) in [6.45, 7) is 0.717. The summed E-state index contributed by atoms with van der Waals surface area (Å²) in [5.41, 5.74) is -1.29. The molecule has 2 aromatic rings. The summed E-state index contributed by atoms with van der Waals surface area (Å²) in [7, 11) is -3.00. The molecule has 1 aliphatic heterocycles. The van der Waals surface area contributed by atoms with E-state index in [0.29, 0.717) is 30.4 Å². The molecule has 0 spiro atoms. The average Bonchev–Trinajstić information content (AvgIpc) is 3.54. The molecule has 2 aliphatic rings. The summed E-state index contributed by atoms with van der Waals surface area (Å²) in [6, 6.07) is 5.55. The van der Waals surface area contributed by atoms with Crippen molar-refractivity contribution in [3.8, 4) is 5.88 Å². The zero-order valence-corrected chi connectivity index (χ0v) is 17.4. The minimum Gasteiger partial charge on any atom is -0.481 e. The normalized spacial score (nSPS) is 17.3. The average molecular weight is 455 g/mol. The Morgan fingerprint density at radius 1 is 1.29 bits per heavy atom. The number of carbonyl (C=O) groups is 1. The van der Waals surface area contributed by atoms with Gasteiger partial charge in [0.25, 0.3) is 10.0 Å². The molecule has 1 fully saturated rings. The van der Waals surface area contributed by atoms with Gasteiger partial charge in [-0.05, 0) is 49.4 Å². The summed E-state index contributed by atoms with van der Waals surface area (Å²) in [4.78, 5) is 16.7. The van der Waals surface area contributed by atoms with Crippen LogP contribution in [-0.2, 0) is 32.8 Å². The molecule has 31 heavy (non-hydrogen) atoms. The molecule has 2 N–H and O–H groups in total. The van der Waals surface area contributed by atoms with E-state index in [1.54, 1.807) is 12.1 Å². The predicted octanol–water partition coefficient (Wildman–Crippen LogP) is 3.00. The smallest absolute Gasteiger partial charge is 0.417 e. The second-order valence-electron chi connectivity index (χ2n) is 7.61. The van der Waals surface area contributed by atoms with Gasteiger partial charge < -0.3 is 10.1 Å². The van der Waals surface area contributed by atoms with Crippen LogP contribution in [0.25, 0.3) is 0 Å². The van der Waals surface area contributed by atoms with E-state index in [-0.39, 0.29) is 29.2 Å². The molecule has 0 atom stereocenters. The van der Waals surface area contributed by atoms with Crippen molar-refractivity contribution >= 4 is 21.6 Å². The monoisotopic (exact) mass is 455 g/mol. The topological polar surface area (TPSA) is 97.4 Å². The molecule has 0 bridgehead atoms. The van der Waals surface area contributed by atoms with Crippen LogP contribution in [0.3, 0.4) is 0 Å². The van der Waals surface area contributed by atoms with E-state index in [1.807, 2.05) is 0 Å². The quantitative estimate of drug-likeness (QED) is 0.720. The number of alkyl halides is 3. The lowest BCUT2D eigenvalue weighted by Crippen LogP contribution is -2.39. The Morgan fingerprint density at radius 3 is 2.68 bits per heavy atom. The number of anilines is 1. The lowest BCUT2D eigenvalue weighted by Gasteiger charge is -2.22. The molecule has 0 saturated heterocycles. The van der Waals surface area contributed by atoms with Crippen LogP contribution in [0.15, 0.2) is 35.4 Å². The number of ether oxygens (including phenoxy) is 1. The van der Waals surface area contributed by atoms with Crippen LogP contribution < -0.4 is 14.8 Å². The van der Waals surface area contributed by atoms with Gasteiger partial charge in [-0.15, -0.1) is 0 Å². The van der Waals surface area contributed by atoms with Gasteiger partial charge >= 0.3 is 6.18 Å². The summed E-state index contributed by atoms with van der Waals surface area (Å²) in [5.74, 6) is -1.03. The SMILES string of the molecule is COc1ncc(C(F)(F)F)cc1C1(C(=O)NS(=O)(=O)c2cccc3c2CCCN3)CC1. The van der Waals surface area contributed by atoms with Crippen molar-refractivity contribution in [3.63, 3.8) is 0 Å². The number of methoxy groups -OCH3 is 1. The number of sulfonamides is 1. The first kappa shape index (κ1) is 21.4. The zero-order chi connectivity index (χ0) is 22.4. The molecule has 4 rings (SSSR count). The van der Waals surface area contributed by atoms with E-state index < -0.39 is 33.1 Å². The van der Waals surface area contributed by atoms with Gasteiger partial charge in [0.15, 0.2) is 0 Å². The molecule has 0 unspecified atom stereocenters. The third-order valence-electron chi connectivity index (χ3n) is 5.64. The second-order valence-corrected chi connectivity index (χ2v) is 9.26. The van der Waals surface area contributed by atoms with Crippen molar-refractivity contribution in [1.82, 2.24) is 9.71 Å². The van der Waals surface area contributed by atoms with Gasteiger partial charge in [-0.1, -0.05) is 6.07 Å². The highest BCUT2D eigenvalue weighted by atomic mass is 32.2. The van der Waals surface area contributed by atoms with Gasteiger partial charge in [0.05, 0.1) is 23.0 Å². The highest BCUT2D eigenvalue weighted by Gasteiger charge is 2.55. The van der Waals surface area contributed by atoms with Gasteiger partial charge in [0.1, 0.15) is 0 Å². The molecule has 1 aromatic heterocycles. The number of amides is 1. The van der Waals surface area contributed by atoms with Crippen LogP contribution in [-0.4, -0.2) is 33.0 Å². The fourth-order valence-corrected chi connectivity index (χ4v) is 5.20. The summed E-state index contributed by atoms with van der Waals surface area (Å²) in [6.07, 6.45) is -2.40. The molecule has 2 heterocycles. The first-order chi connectivity index (χ1) is 14.6. The van der Waals surface area contributed by atoms with E-state index in [4.69, 9.17) is 4.74 Å². The predicted molar refractivity (Wildman–Crippen MR) is 105 cm³/mol. The number of pyridine rings is 1. The number of carbonyl (C=O) groups excluding carboxylic acids is 1. The number of hydrogen-bond acceptors (Lipinski definition) is 6. The summed E-state index contributed by atoms with van der Waals surface area (Å²) >= 11 is 0. The highest BCUT2D eigenvalue weighted by molar-refractivity contribution is 7.90. The van der Waals surface area contributed by atoms with Gasteiger partial charge in [0.2, 0.25) is 11.8 Å². The van der Waals surface area contributed by atoms with Crippen LogP contribution in [0.4, 0.5) is 18.9 Å². The van der Waals surface area contributed by atoms with Crippen molar-refractivity contribution < 1.29 is 31.1 Å². The van der Waals surface area contributed by atoms with E-state index in [0.717, 1.165) is 12.5 Å². The molecular formula is C20H20F3N3O4S. The maximum atomic E-state index is 13.2. The van der Waals surface area contributed by atoms with E-state index in [9.17, 15) is 26.4 Å². The van der Waals surface area contributed by atoms with Gasteiger partial charge in [-0.2, -0.15) is 13.2 Å². The second kappa shape index (κ2) is 7.40. The lowest BCUT2D eigenvalue weighted by molar-refractivity contribution is -0.138. The van der Waals surface area contributed by atoms with E-state index in [2.05, 4.69) is 15.0 Å². The Kier molecular flexibility index (Phi) is 5.11. The van der Waals surface area contributed by atoms with Crippen molar-refractivity contribution in [3.05, 3.63) is 47.2 Å². The molecular weight excluding hydrogens is 435 g/mol. The number of aromatic nitrogens is 1. The molecule has 7 nitrogen and oxygen atoms in total. The van der Waals surface area contributed by atoms with Gasteiger partial charge in [0, 0.05) is 24.0 Å². The molecule has 1 aromatic carbocycles. The fraction of sp³-hybridized carbons (Fsp3) is 0.400. The highest BCUT2D eigenvalue weighted by Crippen LogP contribution is 2.52. The lowest BCUT2D eigenvalue weighted by atomic mass is 9.95. The number of halogens is 3. The Balaban J connectivity index is 1.68. The first-order valence-corrected chi connectivity index (χ1v) is 11.1. The number of nitrogens with one attached hydrogen (secondary N) is 2. The van der Waals surface area contributed by atoms with Gasteiger partial charge in [-0.3, -0.25) is 4.79 Å². The van der Waals surface area contributed by atoms with E-state index in [1.165, 1.54) is 13.2 Å². The Labute approximate surface area is 177 Å². The molecule has 11 heteroatoms. The van der Waals surface area contributed by atoms with Crippen molar-refractivity contribution in [2.45, 2.75) is 42.2 Å². The number of hydrogen-bond donors (Lipinski definition) is 2.